The maximum atomic E-state index is 10.1. The zero-order valence-corrected chi connectivity index (χ0v) is 4.76. The SMILES string of the molecule is C=CC(N)OC(C)=O. The van der Waals surface area contributed by atoms with Gasteiger partial charge in [0.05, 0.1) is 0 Å². The van der Waals surface area contributed by atoms with Crippen molar-refractivity contribution in [2.24, 2.45) is 5.73 Å². The van der Waals surface area contributed by atoms with Crippen LogP contribution in [0.15, 0.2) is 12.7 Å². The molecule has 0 aromatic heterocycles. The second-order valence-corrected chi connectivity index (χ2v) is 1.31. The Labute approximate surface area is 48.1 Å². The maximum Gasteiger partial charge on any atom is 0.304 e. The van der Waals surface area contributed by atoms with E-state index in [1.165, 1.54) is 13.0 Å². The number of rotatable bonds is 2. The summed E-state index contributed by atoms with van der Waals surface area (Å²) in [5.41, 5.74) is 5.11. The Hall–Kier alpha value is -0.830. The average Bonchev–Trinajstić information content (AvgIpc) is 1.65. The molecule has 0 saturated heterocycles. The van der Waals surface area contributed by atoms with Gasteiger partial charge in [0.25, 0.3) is 0 Å². The Balaban J connectivity index is 3.38. The number of hydrogen-bond acceptors (Lipinski definition) is 3. The number of esters is 1. The summed E-state index contributed by atoms with van der Waals surface area (Å²) in [6, 6.07) is 0. The molecule has 0 heterocycles. The lowest BCUT2D eigenvalue weighted by molar-refractivity contribution is -0.143. The molecule has 0 bridgehead atoms. The third-order valence-corrected chi connectivity index (χ3v) is 0.534. The molecule has 0 rings (SSSR count). The zero-order chi connectivity index (χ0) is 6.57. The van der Waals surface area contributed by atoms with Crippen LogP contribution in [-0.2, 0) is 9.53 Å². The lowest BCUT2D eigenvalue weighted by Crippen LogP contribution is -2.22. The van der Waals surface area contributed by atoms with Crippen LogP contribution in [0.4, 0.5) is 0 Å². The normalized spacial score (nSPS) is 12.2. The van der Waals surface area contributed by atoms with Gasteiger partial charge < -0.3 is 4.74 Å². The molecular weight excluding hydrogens is 106 g/mol. The van der Waals surface area contributed by atoms with Gasteiger partial charge in [-0.15, -0.1) is 0 Å². The fourth-order valence-electron chi connectivity index (χ4n) is 0.240. The van der Waals surface area contributed by atoms with Crippen molar-refractivity contribution in [1.82, 2.24) is 0 Å². The van der Waals surface area contributed by atoms with Crippen molar-refractivity contribution in [3.8, 4) is 0 Å². The van der Waals surface area contributed by atoms with Crippen LogP contribution in [-0.4, -0.2) is 12.2 Å². The Kier molecular flexibility index (Phi) is 2.88. The van der Waals surface area contributed by atoms with Gasteiger partial charge in [-0.1, -0.05) is 6.58 Å². The van der Waals surface area contributed by atoms with Crippen molar-refractivity contribution in [3.05, 3.63) is 12.7 Å². The molecule has 0 amide bonds. The molecule has 3 nitrogen and oxygen atoms in total. The fraction of sp³-hybridized carbons (Fsp3) is 0.400. The molecule has 1 unspecified atom stereocenters. The number of ether oxygens (including phenoxy) is 1. The predicted molar refractivity (Wildman–Crippen MR) is 29.9 cm³/mol. The minimum atomic E-state index is -0.660. The van der Waals surface area contributed by atoms with E-state index in [9.17, 15) is 4.79 Å². The molecule has 0 aromatic rings. The summed E-state index contributed by atoms with van der Waals surface area (Å²) in [7, 11) is 0. The van der Waals surface area contributed by atoms with Gasteiger partial charge in [-0.25, -0.2) is 0 Å². The van der Waals surface area contributed by atoms with E-state index in [1.54, 1.807) is 0 Å². The Morgan fingerprint density at radius 3 is 2.62 bits per heavy atom. The van der Waals surface area contributed by atoms with E-state index in [4.69, 9.17) is 5.73 Å². The molecule has 0 aromatic carbocycles. The summed E-state index contributed by atoms with van der Waals surface area (Å²) in [5, 5.41) is 0. The van der Waals surface area contributed by atoms with Crippen LogP contribution in [0, 0.1) is 0 Å². The standard InChI is InChI=1S/C5H9NO2/c1-3-5(6)8-4(2)7/h3,5H,1,6H2,2H3. The van der Waals surface area contributed by atoms with Gasteiger partial charge in [0.2, 0.25) is 0 Å². The van der Waals surface area contributed by atoms with Gasteiger partial charge in [0.1, 0.15) is 0 Å². The molecule has 0 aliphatic carbocycles. The third-order valence-electron chi connectivity index (χ3n) is 0.534. The summed E-state index contributed by atoms with van der Waals surface area (Å²) in [5.74, 6) is -0.391. The molecule has 0 fully saturated rings. The van der Waals surface area contributed by atoms with Gasteiger partial charge >= 0.3 is 5.97 Å². The molecule has 0 spiro atoms. The van der Waals surface area contributed by atoms with Crippen LogP contribution in [0.5, 0.6) is 0 Å². The number of carbonyl (C=O) groups is 1. The highest BCUT2D eigenvalue weighted by molar-refractivity contribution is 5.66. The monoisotopic (exact) mass is 115 g/mol. The minimum absolute atomic E-state index is 0.391. The van der Waals surface area contributed by atoms with Crippen LogP contribution in [0.1, 0.15) is 6.92 Å². The smallest absolute Gasteiger partial charge is 0.304 e. The molecule has 0 radical (unpaired) electrons. The number of carbonyl (C=O) groups excluding carboxylic acids is 1. The van der Waals surface area contributed by atoms with E-state index in [1.807, 2.05) is 0 Å². The predicted octanol–water partition coefficient (Wildman–Crippen LogP) is 0.0203. The molecule has 46 valence electrons. The van der Waals surface area contributed by atoms with Crippen molar-refractivity contribution in [3.63, 3.8) is 0 Å². The highest BCUT2D eigenvalue weighted by Gasteiger charge is 1.96. The van der Waals surface area contributed by atoms with Gasteiger partial charge in [-0.2, -0.15) is 0 Å². The topological polar surface area (TPSA) is 52.3 Å². The summed E-state index contributed by atoms with van der Waals surface area (Å²) in [6.07, 6.45) is 0.689. The van der Waals surface area contributed by atoms with E-state index >= 15 is 0 Å². The molecule has 2 N–H and O–H groups in total. The van der Waals surface area contributed by atoms with Gasteiger partial charge in [0.15, 0.2) is 6.23 Å². The largest absolute Gasteiger partial charge is 0.443 e. The van der Waals surface area contributed by atoms with Crippen LogP contribution in [0.2, 0.25) is 0 Å². The second kappa shape index (κ2) is 3.21. The lowest BCUT2D eigenvalue weighted by Gasteiger charge is -2.03. The molecule has 1 atom stereocenters. The van der Waals surface area contributed by atoms with Crippen LogP contribution >= 0.6 is 0 Å². The highest BCUT2D eigenvalue weighted by Crippen LogP contribution is 1.82. The van der Waals surface area contributed by atoms with E-state index in [0.717, 1.165) is 0 Å². The maximum absolute atomic E-state index is 10.1. The average molecular weight is 115 g/mol. The van der Waals surface area contributed by atoms with Gasteiger partial charge in [-0.05, 0) is 6.08 Å². The first-order valence-corrected chi connectivity index (χ1v) is 2.22. The molecule has 8 heavy (non-hydrogen) atoms. The zero-order valence-electron chi connectivity index (χ0n) is 4.76. The van der Waals surface area contributed by atoms with Crippen molar-refractivity contribution in [2.45, 2.75) is 13.2 Å². The summed E-state index contributed by atoms with van der Waals surface area (Å²) in [6.45, 7) is 4.61. The van der Waals surface area contributed by atoms with Crippen molar-refractivity contribution in [1.29, 1.82) is 0 Å². The van der Waals surface area contributed by atoms with Crippen LogP contribution in [0.3, 0.4) is 0 Å². The van der Waals surface area contributed by atoms with E-state index < -0.39 is 12.2 Å². The second-order valence-electron chi connectivity index (χ2n) is 1.31. The molecular formula is C5H9NO2. The van der Waals surface area contributed by atoms with Crippen molar-refractivity contribution >= 4 is 5.97 Å². The highest BCUT2D eigenvalue weighted by atomic mass is 16.5. The summed E-state index contributed by atoms with van der Waals surface area (Å²) in [4.78, 5) is 10.1. The quantitative estimate of drug-likeness (QED) is 0.313. The number of nitrogens with two attached hydrogens (primary N) is 1. The Morgan fingerprint density at radius 2 is 2.50 bits per heavy atom. The molecule has 0 saturated carbocycles. The fourth-order valence-corrected chi connectivity index (χ4v) is 0.240. The molecule has 3 heteroatoms. The van der Waals surface area contributed by atoms with Crippen LogP contribution < -0.4 is 5.73 Å². The first-order valence-electron chi connectivity index (χ1n) is 2.22. The van der Waals surface area contributed by atoms with Crippen molar-refractivity contribution < 1.29 is 9.53 Å². The summed E-state index contributed by atoms with van der Waals surface area (Å²) >= 11 is 0. The molecule has 0 aliphatic rings. The minimum Gasteiger partial charge on any atom is -0.443 e. The van der Waals surface area contributed by atoms with E-state index in [-0.39, 0.29) is 0 Å². The first kappa shape index (κ1) is 7.17. The third kappa shape index (κ3) is 3.36. The Morgan fingerprint density at radius 1 is 2.00 bits per heavy atom. The van der Waals surface area contributed by atoms with E-state index in [2.05, 4.69) is 11.3 Å². The van der Waals surface area contributed by atoms with Gasteiger partial charge in [-0.3, -0.25) is 10.5 Å². The first-order chi connectivity index (χ1) is 3.66. The lowest BCUT2D eigenvalue weighted by atomic mass is 10.6. The summed E-state index contributed by atoms with van der Waals surface area (Å²) < 4.78 is 4.42. The van der Waals surface area contributed by atoms with Gasteiger partial charge in [0, 0.05) is 6.92 Å². The number of hydrogen-bond donors (Lipinski definition) is 1. The van der Waals surface area contributed by atoms with Crippen molar-refractivity contribution in [2.75, 3.05) is 0 Å². The van der Waals surface area contributed by atoms with E-state index in [0.29, 0.717) is 0 Å². The van der Waals surface area contributed by atoms with Crippen LogP contribution in [0.25, 0.3) is 0 Å². The molecule has 0 aliphatic heterocycles. The Bertz CT molecular complexity index is 101.